The molecular formula is C26H28FN5O5S. The minimum absolute atomic E-state index is 0.0225. The largest absolute Gasteiger partial charge is 0.478 e. The molecule has 0 saturated carbocycles. The van der Waals surface area contributed by atoms with Crippen LogP contribution in [0.4, 0.5) is 10.1 Å². The molecule has 1 aromatic carbocycles. The van der Waals surface area contributed by atoms with E-state index in [1.807, 2.05) is 10.3 Å². The number of esters is 1. The molecule has 10 nitrogen and oxygen atoms in total. The van der Waals surface area contributed by atoms with Crippen molar-refractivity contribution in [2.45, 2.75) is 25.9 Å². The number of likely N-dealkylation sites (tertiary alicyclic amines) is 1. The third-order valence-electron chi connectivity index (χ3n) is 7.22. The molecule has 2 N–H and O–H groups in total. The fraction of sp³-hybridized carbons (Fsp3) is 0.423. The number of amidine groups is 1. The molecule has 0 spiro atoms. The number of hydrogen-bond acceptors (Lipinski definition) is 9. The number of carboxylic acid groups (broad SMARTS) is 1. The van der Waals surface area contributed by atoms with Gasteiger partial charge < -0.3 is 20.1 Å². The first kappa shape index (κ1) is 26.0. The number of alkyl halides is 1. The van der Waals surface area contributed by atoms with Gasteiger partial charge in [0.15, 0.2) is 16.5 Å². The number of carboxylic acids is 1. The van der Waals surface area contributed by atoms with Crippen molar-refractivity contribution in [1.82, 2.24) is 15.2 Å². The molecule has 38 heavy (non-hydrogen) atoms. The summed E-state index contributed by atoms with van der Waals surface area (Å²) in [6.45, 7) is 5.01. The van der Waals surface area contributed by atoms with Crippen LogP contribution in [-0.2, 0) is 14.3 Å². The first-order valence-electron chi connectivity index (χ1n) is 12.4. The van der Waals surface area contributed by atoms with E-state index in [1.54, 1.807) is 26.1 Å². The van der Waals surface area contributed by atoms with Crippen molar-refractivity contribution in [2.75, 3.05) is 44.2 Å². The van der Waals surface area contributed by atoms with Gasteiger partial charge in [-0.3, -0.25) is 14.7 Å². The summed E-state index contributed by atoms with van der Waals surface area (Å²) in [7, 11) is 0. The van der Waals surface area contributed by atoms with Crippen LogP contribution in [-0.4, -0.2) is 83.7 Å². The zero-order valence-electron chi connectivity index (χ0n) is 21.1. The number of fused-ring (bicyclic) bond motifs is 1. The number of amides is 1. The number of aryl methyl sites for hydroxylation is 1. The number of aromatic carboxylic acids is 1. The lowest BCUT2D eigenvalue weighted by Crippen LogP contribution is -2.52. The van der Waals surface area contributed by atoms with Crippen molar-refractivity contribution < 1.29 is 28.6 Å². The van der Waals surface area contributed by atoms with E-state index in [0.717, 1.165) is 0 Å². The molecule has 5 rings (SSSR count). The first-order valence-corrected chi connectivity index (χ1v) is 13.3. The van der Waals surface area contributed by atoms with Crippen LogP contribution in [0.2, 0.25) is 0 Å². The highest BCUT2D eigenvalue weighted by molar-refractivity contribution is 7.11. The number of benzene rings is 1. The van der Waals surface area contributed by atoms with E-state index in [4.69, 9.17) is 4.74 Å². The molecule has 4 heterocycles. The second kappa shape index (κ2) is 10.3. The van der Waals surface area contributed by atoms with E-state index in [-0.39, 0.29) is 31.7 Å². The monoisotopic (exact) mass is 541 g/mol. The van der Waals surface area contributed by atoms with Crippen LogP contribution in [0.15, 0.2) is 46.0 Å². The molecular weight excluding hydrogens is 513 g/mol. The average molecular weight is 542 g/mol. The molecule has 2 unspecified atom stereocenters. The lowest BCUT2D eigenvalue weighted by atomic mass is 9.85. The van der Waals surface area contributed by atoms with Crippen LogP contribution in [0.1, 0.15) is 34.3 Å². The smallest absolute Gasteiger partial charge is 0.337 e. The molecule has 2 aromatic rings. The quantitative estimate of drug-likeness (QED) is 0.512. The Morgan fingerprint density at radius 2 is 2.16 bits per heavy atom. The van der Waals surface area contributed by atoms with E-state index in [9.17, 15) is 19.5 Å². The lowest BCUT2D eigenvalue weighted by Gasteiger charge is -2.37. The van der Waals surface area contributed by atoms with Gasteiger partial charge in [-0.05, 0) is 37.6 Å². The van der Waals surface area contributed by atoms with Gasteiger partial charge in [0.2, 0.25) is 0 Å². The zero-order valence-corrected chi connectivity index (χ0v) is 21.9. The Bertz CT molecular complexity index is 1340. The maximum absolute atomic E-state index is 16.1. The van der Waals surface area contributed by atoms with Crippen molar-refractivity contribution in [3.63, 3.8) is 0 Å². The van der Waals surface area contributed by atoms with Gasteiger partial charge in [0.05, 0.1) is 24.3 Å². The highest BCUT2D eigenvalue weighted by atomic mass is 32.1. The van der Waals surface area contributed by atoms with Crippen molar-refractivity contribution in [3.8, 4) is 0 Å². The van der Waals surface area contributed by atoms with Crippen molar-refractivity contribution in [3.05, 3.63) is 57.2 Å². The first-order chi connectivity index (χ1) is 18.2. The van der Waals surface area contributed by atoms with Gasteiger partial charge in [-0.2, -0.15) is 0 Å². The Balaban J connectivity index is 1.34. The molecule has 12 heteroatoms. The van der Waals surface area contributed by atoms with Gasteiger partial charge in [0, 0.05) is 61.5 Å². The third kappa shape index (κ3) is 4.69. The molecule has 2 atom stereocenters. The normalized spacial score (nSPS) is 23.7. The topological polar surface area (TPSA) is 124 Å². The Hall–Kier alpha value is -3.64. The summed E-state index contributed by atoms with van der Waals surface area (Å²) in [5.74, 6) is -2.10. The van der Waals surface area contributed by atoms with E-state index in [0.29, 0.717) is 53.0 Å². The van der Waals surface area contributed by atoms with Gasteiger partial charge in [-0.1, -0.05) is 0 Å². The number of anilines is 1. The molecule has 2 fully saturated rings. The number of nitrogens with zero attached hydrogens (tertiary/aromatic N) is 4. The van der Waals surface area contributed by atoms with Crippen molar-refractivity contribution in [1.29, 1.82) is 0 Å². The minimum atomic E-state index is -2.00. The van der Waals surface area contributed by atoms with Gasteiger partial charge in [0.25, 0.3) is 5.91 Å². The average Bonchev–Trinajstić information content (AvgIpc) is 3.52. The summed E-state index contributed by atoms with van der Waals surface area (Å²) >= 11 is 1.43. The number of aromatic nitrogens is 1. The van der Waals surface area contributed by atoms with Crippen LogP contribution in [0, 0.1) is 12.8 Å². The molecule has 200 valence electrons. The highest BCUT2D eigenvalue weighted by Gasteiger charge is 2.57. The van der Waals surface area contributed by atoms with Crippen LogP contribution in [0.3, 0.4) is 0 Å². The van der Waals surface area contributed by atoms with Crippen LogP contribution in [0.5, 0.6) is 0 Å². The number of rotatable bonds is 7. The molecule has 3 aliphatic heterocycles. The van der Waals surface area contributed by atoms with Crippen molar-refractivity contribution >= 4 is 40.7 Å². The Morgan fingerprint density at radius 3 is 2.84 bits per heavy atom. The van der Waals surface area contributed by atoms with Gasteiger partial charge >= 0.3 is 11.9 Å². The standard InChI is InChI=1S/C26H28FN5O5S/c1-3-37-24(35)18-11-29-21(22-28-7-9-38-22)30-19(18)14-31-8-6-26(27)17(12-31)13-32(25(26)36)20-5-4-16(23(33)34)10-15(20)2/h4-5,7,9-10,17H,3,6,8,11-14H2,1-2H3,(H,29,30)(H,33,34). The Morgan fingerprint density at radius 1 is 1.34 bits per heavy atom. The van der Waals surface area contributed by atoms with Crippen molar-refractivity contribution in [2.24, 2.45) is 10.9 Å². The summed E-state index contributed by atoms with van der Waals surface area (Å²) in [6.07, 6.45) is 1.70. The summed E-state index contributed by atoms with van der Waals surface area (Å²) < 4.78 is 21.3. The molecule has 0 bridgehead atoms. The second-order valence-electron chi connectivity index (χ2n) is 9.57. The fourth-order valence-electron chi connectivity index (χ4n) is 5.26. The maximum atomic E-state index is 16.1. The molecule has 2 saturated heterocycles. The second-order valence-corrected chi connectivity index (χ2v) is 10.5. The highest BCUT2D eigenvalue weighted by Crippen LogP contribution is 2.42. The Labute approximate surface area is 222 Å². The molecule has 3 aliphatic rings. The zero-order chi connectivity index (χ0) is 27.0. The number of aliphatic imine (C=N–C) groups is 1. The molecule has 1 amide bonds. The number of nitrogens with one attached hydrogen (secondary N) is 1. The third-order valence-corrected chi connectivity index (χ3v) is 8.00. The predicted octanol–water partition coefficient (Wildman–Crippen LogP) is 2.39. The summed E-state index contributed by atoms with van der Waals surface area (Å²) in [5.41, 5.74) is 0.285. The number of halogens is 1. The van der Waals surface area contributed by atoms with E-state index in [1.165, 1.54) is 28.4 Å². The SMILES string of the molecule is CCOC(=O)C1=C(CN2CCC3(F)C(=O)N(c4ccc(C(=O)O)cc4C)CC3C2)NC(c2nccs2)=NC1. The number of ether oxygens (including phenoxy) is 1. The fourth-order valence-corrected chi connectivity index (χ4v) is 5.86. The Kier molecular flexibility index (Phi) is 7.01. The van der Waals surface area contributed by atoms with Crippen LogP contribution < -0.4 is 10.2 Å². The van der Waals surface area contributed by atoms with Gasteiger partial charge in [0.1, 0.15) is 0 Å². The van der Waals surface area contributed by atoms with Gasteiger partial charge in [-0.25, -0.2) is 19.0 Å². The number of hydrogen-bond donors (Lipinski definition) is 2. The molecule has 0 radical (unpaired) electrons. The summed E-state index contributed by atoms with van der Waals surface area (Å²) in [6, 6.07) is 4.48. The molecule has 1 aromatic heterocycles. The number of thiazole rings is 1. The van der Waals surface area contributed by atoms with Gasteiger partial charge in [-0.15, -0.1) is 11.3 Å². The van der Waals surface area contributed by atoms with E-state index >= 15 is 4.39 Å². The number of piperidine rings is 1. The minimum Gasteiger partial charge on any atom is -0.478 e. The number of carbonyl (C=O) groups excluding carboxylic acids is 2. The molecule has 0 aliphatic carbocycles. The number of carbonyl (C=O) groups is 3. The van der Waals surface area contributed by atoms with E-state index < -0.39 is 29.4 Å². The maximum Gasteiger partial charge on any atom is 0.337 e. The predicted molar refractivity (Wildman–Crippen MR) is 139 cm³/mol. The van der Waals surface area contributed by atoms with Crippen LogP contribution >= 0.6 is 11.3 Å². The lowest BCUT2D eigenvalue weighted by molar-refractivity contribution is -0.138. The summed E-state index contributed by atoms with van der Waals surface area (Å²) in [5, 5.41) is 15.0. The van der Waals surface area contributed by atoms with Crippen LogP contribution in [0.25, 0.3) is 0 Å². The summed E-state index contributed by atoms with van der Waals surface area (Å²) in [4.78, 5) is 49.4. The van der Waals surface area contributed by atoms with E-state index in [2.05, 4.69) is 15.3 Å².